The third-order valence-electron chi connectivity index (χ3n) is 1.99. The predicted octanol–water partition coefficient (Wildman–Crippen LogP) is 3.62. The van der Waals surface area contributed by atoms with Crippen LogP contribution in [0.5, 0.6) is 5.75 Å². The molecule has 0 amide bonds. The maximum atomic E-state index is 12.5. The summed E-state index contributed by atoms with van der Waals surface area (Å²) in [6, 6.07) is 3.15. The Morgan fingerprint density at radius 3 is 2.41 bits per heavy atom. The van der Waals surface area contributed by atoms with Crippen LogP contribution in [0.25, 0.3) is 0 Å². The van der Waals surface area contributed by atoms with Crippen molar-refractivity contribution in [3.63, 3.8) is 0 Å². The predicted molar refractivity (Wildman–Crippen MR) is 57.1 cm³/mol. The lowest BCUT2D eigenvalue weighted by atomic mass is 10.1. The summed E-state index contributed by atoms with van der Waals surface area (Å²) in [5.41, 5.74) is -0.766. The smallest absolute Gasteiger partial charge is 0.416 e. The topological polar surface area (TPSA) is 29.5 Å². The molecular weight excluding hydrogens is 233 g/mol. The Morgan fingerprint density at radius 1 is 1.29 bits per heavy atom. The monoisotopic (exact) mass is 247 g/mol. The highest BCUT2D eigenvalue weighted by Gasteiger charge is 2.31. The Balaban J connectivity index is 2.97. The zero-order valence-electron chi connectivity index (χ0n) is 9.58. The van der Waals surface area contributed by atoms with Gasteiger partial charge >= 0.3 is 6.18 Å². The van der Waals surface area contributed by atoms with Gasteiger partial charge in [0, 0.05) is 0 Å². The van der Waals surface area contributed by atoms with Crippen LogP contribution in [0.1, 0.15) is 25.0 Å². The van der Waals surface area contributed by atoms with Crippen LogP contribution >= 0.6 is 0 Å². The highest BCUT2D eigenvalue weighted by atomic mass is 19.4. The van der Waals surface area contributed by atoms with Crippen molar-refractivity contribution >= 4 is 0 Å². The zero-order valence-corrected chi connectivity index (χ0v) is 9.58. The van der Waals surface area contributed by atoms with Crippen LogP contribution in [0, 0.1) is 12.5 Å². The number of aliphatic hydroxyl groups is 1. The van der Waals surface area contributed by atoms with Crippen molar-refractivity contribution in [3.05, 3.63) is 35.9 Å². The first-order chi connectivity index (χ1) is 7.82. The molecule has 17 heavy (non-hydrogen) atoms. The second-order valence-corrected chi connectivity index (χ2v) is 4.12. The van der Waals surface area contributed by atoms with E-state index < -0.39 is 11.7 Å². The summed E-state index contributed by atoms with van der Waals surface area (Å²) in [6.45, 7) is 4.74. The van der Waals surface area contributed by atoms with Gasteiger partial charge in [-0.25, -0.2) is 0 Å². The fraction of sp³-hybridized carbons (Fsp3) is 0.417. The van der Waals surface area contributed by atoms with Gasteiger partial charge in [-0.2, -0.15) is 13.2 Å². The molecule has 0 spiro atoms. The van der Waals surface area contributed by atoms with E-state index in [-0.39, 0.29) is 17.2 Å². The van der Waals surface area contributed by atoms with E-state index >= 15 is 0 Å². The highest BCUT2D eigenvalue weighted by Crippen LogP contribution is 2.33. The van der Waals surface area contributed by atoms with Crippen LogP contribution in [-0.2, 0) is 6.18 Å². The van der Waals surface area contributed by atoms with Gasteiger partial charge in [-0.15, -0.1) is 0 Å². The maximum absolute atomic E-state index is 12.5. The average Bonchev–Trinajstić information content (AvgIpc) is 2.24. The minimum Gasteiger partial charge on any atom is -0.493 e. The molecule has 0 aliphatic carbocycles. The molecule has 0 saturated heterocycles. The molecule has 0 fully saturated rings. The molecule has 0 aliphatic heterocycles. The lowest BCUT2D eigenvalue weighted by Gasteiger charge is -2.13. The Kier molecular flexibility index (Phi) is 4.40. The lowest BCUT2D eigenvalue weighted by molar-refractivity contribution is -0.137. The number of aliphatic hydroxyl groups excluding tert-OH is 1. The molecule has 5 heteroatoms. The van der Waals surface area contributed by atoms with E-state index in [0.29, 0.717) is 13.2 Å². The molecule has 2 nitrogen and oxygen atoms in total. The second kappa shape index (κ2) is 5.40. The summed E-state index contributed by atoms with van der Waals surface area (Å²) in [5.74, 6) is 0.319. The first-order valence-corrected chi connectivity index (χ1v) is 5.15. The Bertz CT molecular complexity index is 373. The van der Waals surface area contributed by atoms with Gasteiger partial charge in [0.05, 0.1) is 12.2 Å². The van der Waals surface area contributed by atoms with Gasteiger partial charge in [-0.3, -0.25) is 0 Å². The van der Waals surface area contributed by atoms with Crippen molar-refractivity contribution in [1.29, 1.82) is 0 Å². The fourth-order valence-electron chi connectivity index (χ4n) is 1.21. The molecule has 1 N–H and O–H groups in total. The van der Waals surface area contributed by atoms with Crippen molar-refractivity contribution in [1.82, 2.24) is 0 Å². The Hall–Kier alpha value is -1.23. The number of rotatable bonds is 4. The fourth-order valence-corrected chi connectivity index (χ4v) is 1.21. The van der Waals surface area contributed by atoms with Gasteiger partial charge in [0.1, 0.15) is 12.4 Å². The van der Waals surface area contributed by atoms with Crippen LogP contribution in [0.4, 0.5) is 13.2 Å². The van der Waals surface area contributed by atoms with Crippen molar-refractivity contribution in [2.75, 3.05) is 6.61 Å². The van der Waals surface area contributed by atoms with Crippen molar-refractivity contribution in [2.45, 2.75) is 20.0 Å². The van der Waals surface area contributed by atoms with Crippen molar-refractivity contribution in [2.24, 2.45) is 5.92 Å². The van der Waals surface area contributed by atoms with E-state index in [1.54, 1.807) is 0 Å². The minimum absolute atomic E-state index is 0.0681. The SMILES string of the molecule is CC(C)COc1cc([CH]O)cc(C(F)(F)F)c1. The lowest BCUT2D eigenvalue weighted by Crippen LogP contribution is -2.08. The number of benzene rings is 1. The van der Waals surface area contributed by atoms with Crippen LogP contribution in [0.15, 0.2) is 18.2 Å². The van der Waals surface area contributed by atoms with Crippen LogP contribution in [0.2, 0.25) is 0 Å². The average molecular weight is 247 g/mol. The Labute approximate surface area is 98.0 Å². The van der Waals surface area contributed by atoms with E-state index in [4.69, 9.17) is 9.84 Å². The van der Waals surface area contributed by atoms with Crippen LogP contribution in [0.3, 0.4) is 0 Å². The summed E-state index contributed by atoms with van der Waals surface area (Å²) in [4.78, 5) is 0. The van der Waals surface area contributed by atoms with E-state index in [1.165, 1.54) is 6.07 Å². The van der Waals surface area contributed by atoms with E-state index in [1.807, 2.05) is 13.8 Å². The largest absolute Gasteiger partial charge is 0.493 e. The summed E-state index contributed by atoms with van der Waals surface area (Å²) in [5, 5.41) is 8.78. The summed E-state index contributed by atoms with van der Waals surface area (Å²) < 4.78 is 42.8. The highest BCUT2D eigenvalue weighted by molar-refractivity contribution is 5.38. The van der Waals surface area contributed by atoms with Crippen molar-refractivity contribution in [3.8, 4) is 5.75 Å². The maximum Gasteiger partial charge on any atom is 0.416 e. The standard InChI is InChI=1S/C12H14F3O2/c1-8(2)7-17-11-4-9(6-16)3-10(5-11)12(13,14)15/h3-6,8,16H,7H2,1-2H3. The third kappa shape index (κ3) is 4.26. The number of ether oxygens (including phenoxy) is 1. The van der Waals surface area contributed by atoms with Gasteiger partial charge in [0.2, 0.25) is 0 Å². The molecule has 0 atom stereocenters. The number of alkyl halides is 3. The number of halogens is 3. The van der Waals surface area contributed by atoms with Crippen molar-refractivity contribution < 1.29 is 23.0 Å². The molecular formula is C12H14F3O2. The summed E-state index contributed by atoms with van der Waals surface area (Å²) in [7, 11) is 0. The molecule has 0 saturated carbocycles. The Morgan fingerprint density at radius 2 is 1.94 bits per heavy atom. The molecule has 0 heterocycles. The molecule has 0 bridgehead atoms. The quantitative estimate of drug-likeness (QED) is 0.880. The molecule has 95 valence electrons. The first kappa shape index (κ1) is 13.8. The molecule has 0 aromatic heterocycles. The molecule has 1 rings (SSSR count). The van der Waals surface area contributed by atoms with Gasteiger partial charge in [0.25, 0.3) is 0 Å². The van der Waals surface area contributed by atoms with Gasteiger partial charge in [-0.1, -0.05) is 13.8 Å². The number of hydrogen-bond donors (Lipinski definition) is 1. The molecule has 0 unspecified atom stereocenters. The van der Waals surface area contributed by atoms with Gasteiger partial charge < -0.3 is 9.84 Å². The van der Waals surface area contributed by atoms with Gasteiger partial charge in [-0.05, 0) is 29.7 Å². The summed E-state index contributed by atoms with van der Waals surface area (Å²) >= 11 is 0. The van der Waals surface area contributed by atoms with Gasteiger partial charge in [0.15, 0.2) is 0 Å². The third-order valence-corrected chi connectivity index (χ3v) is 1.99. The second-order valence-electron chi connectivity index (χ2n) is 4.12. The first-order valence-electron chi connectivity index (χ1n) is 5.15. The van der Waals surface area contributed by atoms with Crippen LogP contribution < -0.4 is 4.74 Å². The normalized spacial score (nSPS) is 11.9. The number of hydrogen-bond acceptors (Lipinski definition) is 2. The van der Waals surface area contributed by atoms with Crippen LogP contribution in [-0.4, -0.2) is 11.7 Å². The minimum atomic E-state index is -4.45. The molecule has 1 aromatic carbocycles. The van der Waals surface area contributed by atoms with E-state index in [0.717, 1.165) is 12.1 Å². The summed E-state index contributed by atoms with van der Waals surface area (Å²) in [6.07, 6.45) is -4.45. The van der Waals surface area contributed by atoms with E-state index in [2.05, 4.69) is 0 Å². The molecule has 1 radical (unpaired) electrons. The zero-order chi connectivity index (χ0) is 13.1. The van der Waals surface area contributed by atoms with E-state index in [9.17, 15) is 13.2 Å². The molecule has 1 aromatic rings. The molecule has 0 aliphatic rings.